The summed E-state index contributed by atoms with van der Waals surface area (Å²) in [5.41, 5.74) is 5.80. The van der Waals surface area contributed by atoms with Gasteiger partial charge in [0, 0.05) is 29.5 Å². The number of hydrogen-bond acceptors (Lipinski definition) is 3. The molecule has 0 bridgehead atoms. The molecule has 0 spiro atoms. The molecule has 0 aliphatic rings. The molecule has 0 amide bonds. The van der Waals surface area contributed by atoms with Crippen LogP contribution in [0.4, 0.5) is 11.4 Å². The largest absolute Gasteiger partial charge is 0.355 e. The first-order valence-electron chi connectivity index (χ1n) is 8.63. The second-order valence-corrected chi connectivity index (χ2v) is 6.17. The molecule has 0 unspecified atom stereocenters. The summed E-state index contributed by atoms with van der Waals surface area (Å²) in [6.07, 6.45) is 1.86. The number of aromatic nitrogens is 1. The highest BCUT2D eigenvalue weighted by molar-refractivity contribution is 5.93. The van der Waals surface area contributed by atoms with Gasteiger partial charge < -0.3 is 5.32 Å². The Morgan fingerprint density at radius 2 is 1.83 bits per heavy atom. The lowest BCUT2D eigenvalue weighted by Crippen LogP contribution is -2.22. The number of nitrogens with one attached hydrogen (secondary N) is 1. The fourth-order valence-electron chi connectivity index (χ4n) is 2.98. The zero-order valence-corrected chi connectivity index (χ0v) is 14.7. The van der Waals surface area contributed by atoms with Crippen molar-refractivity contribution in [1.82, 2.24) is 9.88 Å². The van der Waals surface area contributed by atoms with E-state index in [0.717, 1.165) is 41.9 Å². The normalized spacial score (nSPS) is 11.2. The highest BCUT2D eigenvalue weighted by Crippen LogP contribution is 2.26. The fraction of sp³-hybridized carbons (Fsp3) is 0.286. The van der Waals surface area contributed by atoms with Crippen molar-refractivity contribution >= 4 is 22.3 Å². The molecular weight excluding hydrogens is 294 g/mol. The standard InChI is InChI=1S/C21H25N3/c1-4-24(5-2)15-17-7-6-8-18(14-17)23-20-11-12-22-21-13-16(3)9-10-19(20)21/h6-14H,4-5,15H2,1-3H3,(H,22,23). The molecule has 0 saturated heterocycles. The SMILES string of the molecule is CCN(CC)Cc1cccc(Nc2ccnc3cc(C)ccc23)c1. The van der Waals surface area contributed by atoms with Crippen LogP contribution < -0.4 is 5.32 Å². The Morgan fingerprint density at radius 3 is 2.62 bits per heavy atom. The minimum Gasteiger partial charge on any atom is -0.355 e. The lowest BCUT2D eigenvalue weighted by atomic mass is 10.1. The van der Waals surface area contributed by atoms with Gasteiger partial charge in [-0.05, 0) is 55.4 Å². The smallest absolute Gasteiger partial charge is 0.0725 e. The summed E-state index contributed by atoms with van der Waals surface area (Å²) in [4.78, 5) is 6.90. The average molecular weight is 319 g/mol. The first-order chi connectivity index (χ1) is 11.7. The zero-order valence-electron chi connectivity index (χ0n) is 14.7. The van der Waals surface area contributed by atoms with E-state index in [-0.39, 0.29) is 0 Å². The molecule has 124 valence electrons. The Labute approximate surface area is 144 Å². The van der Waals surface area contributed by atoms with Crippen molar-refractivity contribution < 1.29 is 0 Å². The van der Waals surface area contributed by atoms with Crippen molar-refractivity contribution in [2.75, 3.05) is 18.4 Å². The Bertz CT molecular complexity index is 822. The maximum atomic E-state index is 4.48. The average Bonchev–Trinajstić information content (AvgIpc) is 2.60. The first kappa shape index (κ1) is 16.5. The van der Waals surface area contributed by atoms with Crippen LogP contribution in [0.1, 0.15) is 25.0 Å². The topological polar surface area (TPSA) is 28.2 Å². The van der Waals surface area contributed by atoms with Crippen molar-refractivity contribution in [3.05, 3.63) is 65.9 Å². The van der Waals surface area contributed by atoms with Crippen LogP contribution in [-0.4, -0.2) is 23.0 Å². The highest BCUT2D eigenvalue weighted by Gasteiger charge is 2.05. The molecule has 0 aliphatic heterocycles. The van der Waals surface area contributed by atoms with Crippen LogP contribution in [0.3, 0.4) is 0 Å². The van der Waals surface area contributed by atoms with Gasteiger partial charge in [-0.25, -0.2) is 0 Å². The van der Waals surface area contributed by atoms with Crippen LogP contribution in [0.2, 0.25) is 0 Å². The Hall–Kier alpha value is -2.39. The van der Waals surface area contributed by atoms with Crippen molar-refractivity contribution in [2.45, 2.75) is 27.3 Å². The Kier molecular flexibility index (Phi) is 5.11. The third kappa shape index (κ3) is 3.74. The first-order valence-corrected chi connectivity index (χ1v) is 8.63. The third-order valence-corrected chi connectivity index (χ3v) is 4.40. The van der Waals surface area contributed by atoms with Gasteiger partial charge in [-0.3, -0.25) is 9.88 Å². The van der Waals surface area contributed by atoms with E-state index in [0.29, 0.717) is 0 Å². The molecule has 3 heteroatoms. The van der Waals surface area contributed by atoms with Gasteiger partial charge in [-0.1, -0.05) is 38.1 Å². The van der Waals surface area contributed by atoms with Crippen LogP contribution >= 0.6 is 0 Å². The molecule has 3 nitrogen and oxygen atoms in total. The number of hydrogen-bond donors (Lipinski definition) is 1. The summed E-state index contributed by atoms with van der Waals surface area (Å²) in [5, 5.41) is 4.71. The van der Waals surface area contributed by atoms with E-state index >= 15 is 0 Å². The molecule has 0 fully saturated rings. The van der Waals surface area contributed by atoms with Gasteiger partial charge in [0.05, 0.1) is 5.52 Å². The van der Waals surface area contributed by atoms with Crippen LogP contribution in [0, 0.1) is 6.92 Å². The number of pyridine rings is 1. The van der Waals surface area contributed by atoms with Gasteiger partial charge in [-0.2, -0.15) is 0 Å². The van der Waals surface area contributed by atoms with Crippen LogP contribution in [0.5, 0.6) is 0 Å². The fourth-order valence-corrected chi connectivity index (χ4v) is 2.98. The molecule has 0 aliphatic carbocycles. The second kappa shape index (κ2) is 7.45. The van der Waals surface area contributed by atoms with Crippen molar-refractivity contribution in [2.24, 2.45) is 0 Å². The minimum absolute atomic E-state index is 0.985. The van der Waals surface area contributed by atoms with Gasteiger partial charge in [0.25, 0.3) is 0 Å². The number of anilines is 2. The number of rotatable bonds is 6. The van der Waals surface area contributed by atoms with Crippen molar-refractivity contribution in [3.8, 4) is 0 Å². The Morgan fingerprint density at radius 1 is 1.00 bits per heavy atom. The molecule has 0 atom stereocenters. The molecule has 24 heavy (non-hydrogen) atoms. The third-order valence-electron chi connectivity index (χ3n) is 4.40. The quantitative estimate of drug-likeness (QED) is 0.683. The van der Waals surface area contributed by atoms with E-state index in [1.165, 1.54) is 11.1 Å². The van der Waals surface area contributed by atoms with Gasteiger partial charge >= 0.3 is 0 Å². The molecule has 1 aromatic heterocycles. The molecule has 3 rings (SSSR count). The van der Waals surface area contributed by atoms with Gasteiger partial charge in [0.2, 0.25) is 0 Å². The second-order valence-electron chi connectivity index (χ2n) is 6.17. The molecule has 3 aromatic rings. The summed E-state index contributed by atoms with van der Waals surface area (Å²) in [6.45, 7) is 9.63. The number of nitrogens with zero attached hydrogens (tertiary/aromatic N) is 2. The minimum atomic E-state index is 0.985. The monoisotopic (exact) mass is 319 g/mol. The van der Waals surface area contributed by atoms with Gasteiger partial charge in [0.1, 0.15) is 0 Å². The van der Waals surface area contributed by atoms with Gasteiger partial charge in [-0.15, -0.1) is 0 Å². The molecule has 1 N–H and O–H groups in total. The van der Waals surface area contributed by atoms with Crippen LogP contribution in [-0.2, 0) is 6.54 Å². The highest BCUT2D eigenvalue weighted by atomic mass is 15.1. The lowest BCUT2D eigenvalue weighted by molar-refractivity contribution is 0.296. The van der Waals surface area contributed by atoms with Crippen molar-refractivity contribution in [3.63, 3.8) is 0 Å². The predicted molar refractivity (Wildman–Crippen MR) is 103 cm³/mol. The van der Waals surface area contributed by atoms with Crippen LogP contribution in [0.25, 0.3) is 10.9 Å². The summed E-state index contributed by atoms with van der Waals surface area (Å²) in [6, 6.07) is 17.1. The van der Waals surface area contributed by atoms with Crippen molar-refractivity contribution in [1.29, 1.82) is 0 Å². The lowest BCUT2D eigenvalue weighted by Gasteiger charge is -2.18. The van der Waals surface area contributed by atoms with Gasteiger partial charge in [0.15, 0.2) is 0 Å². The summed E-state index contributed by atoms with van der Waals surface area (Å²) < 4.78 is 0. The molecule has 2 aromatic carbocycles. The van der Waals surface area contributed by atoms with Crippen LogP contribution in [0.15, 0.2) is 54.7 Å². The van der Waals surface area contributed by atoms with E-state index in [1.807, 2.05) is 12.3 Å². The molecule has 0 saturated carbocycles. The van der Waals surface area contributed by atoms with E-state index in [9.17, 15) is 0 Å². The van der Waals surface area contributed by atoms with E-state index < -0.39 is 0 Å². The summed E-state index contributed by atoms with van der Waals surface area (Å²) in [7, 11) is 0. The van der Waals surface area contributed by atoms with E-state index in [4.69, 9.17) is 0 Å². The van der Waals surface area contributed by atoms with E-state index in [2.05, 4.69) is 78.4 Å². The predicted octanol–water partition coefficient (Wildman–Crippen LogP) is 5.13. The number of fused-ring (bicyclic) bond motifs is 1. The molecule has 0 radical (unpaired) electrons. The van der Waals surface area contributed by atoms with E-state index in [1.54, 1.807) is 0 Å². The maximum Gasteiger partial charge on any atom is 0.0725 e. The Balaban J connectivity index is 1.86. The summed E-state index contributed by atoms with van der Waals surface area (Å²) >= 11 is 0. The number of aryl methyl sites for hydroxylation is 1. The molecular formula is C21H25N3. The zero-order chi connectivity index (χ0) is 16.9. The maximum absolute atomic E-state index is 4.48. The number of benzene rings is 2. The molecule has 1 heterocycles. The summed E-state index contributed by atoms with van der Waals surface area (Å²) in [5.74, 6) is 0.